The fourth-order valence-corrected chi connectivity index (χ4v) is 3.63. The maximum absolute atomic E-state index is 12.8. The molecule has 24 heavy (non-hydrogen) atoms. The van der Waals surface area contributed by atoms with Crippen molar-refractivity contribution in [2.75, 3.05) is 19.8 Å². The van der Waals surface area contributed by atoms with Gasteiger partial charge in [-0.05, 0) is 42.9 Å². The fraction of sp³-hybridized carbons (Fsp3) is 0.529. The molecular weight excluding hydrogens is 353 g/mol. The maximum atomic E-state index is 12.8. The van der Waals surface area contributed by atoms with E-state index in [1.165, 1.54) is 4.90 Å². The van der Waals surface area contributed by atoms with Gasteiger partial charge in [-0.1, -0.05) is 29.3 Å². The number of carboxylic acids is 1. The van der Waals surface area contributed by atoms with Crippen LogP contribution in [0.15, 0.2) is 18.2 Å². The summed E-state index contributed by atoms with van der Waals surface area (Å²) in [4.78, 5) is 25.5. The van der Waals surface area contributed by atoms with E-state index in [9.17, 15) is 9.59 Å². The van der Waals surface area contributed by atoms with Crippen LogP contribution in [-0.4, -0.2) is 47.7 Å². The summed E-state index contributed by atoms with van der Waals surface area (Å²) < 4.78 is 5.31. The molecular formula is C17H19Cl2NO4. The average molecular weight is 372 g/mol. The minimum absolute atomic E-state index is 0.0580. The first-order valence-electron chi connectivity index (χ1n) is 8.02. The van der Waals surface area contributed by atoms with Gasteiger partial charge in [0, 0.05) is 25.2 Å². The molecule has 5 nitrogen and oxygen atoms in total. The number of amides is 1. The van der Waals surface area contributed by atoms with Crippen molar-refractivity contribution in [3.05, 3.63) is 33.8 Å². The summed E-state index contributed by atoms with van der Waals surface area (Å²) in [7, 11) is 0. The van der Waals surface area contributed by atoms with E-state index < -0.39 is 5.97 Å². The van der Waals surface area contributed by atoms with Gasteiger partial charge in [0.05, 0.1) is 10.0 Å². The average Bonchev–Trinajstić information content (AvgIpc) is 3.36. The van der Waals surface area contributed by atoms with Gasteiger partial charge in [0.1, 0.15) is 6.54 Å². The van der Waals surface area contributed by atoms with Crippen LogP contribution in [0.5, 0.6) is 0 Å². The number of hydrogen-bond donors (Lipinski definition) is 1. The van der Waals surface area contributed by atoms with Crippen molar-refractivity contribution < 1.29 is 19.4 Å². The number of aliphatic carboxylic acids is 1. The lowest BCUT2D eigenvalue weighted by atomic mass is 10.0. The number of hydrogen-bond acceptors (Lipinski definition) is 3. The minimum atomic E-state index is -0.985. The highest BCUT2D eigenvalue weighted by molar-refractivity contribution is 6.42. The molecule has 0 aromatic heterocycles. The third-order valence-electron chi connectivity index (χ3n) is 4.70. The highest BCUT2D eigenvalue weighted by atomic mass is 35.5. The van der Waals surface area contributed by atoms with Gasteiger partial charge in [-0.25, -0.2) is 0 Å². The monoisotopic (exact) mass is 371 g/mol. The molecule has 0 radical (unpaired) electrons. The van der Waals surface area contributed by atoms with Gasteiger partial charge in [0.25, 0.3) is 0 Å². The van der Waals surface area contributed by atoms with E-state index in [0.29, 0.717) is 36.1 Å². The number of carbonyl (C=O) groups excluding carboxylic acids is 1. The zero-order chi connectivity index (χ0) is 17.3. The first-order valence-corrected chi connectivity index (χ1v) is 8.78. The third-order valence-corrected chi connectivity index (χ3v) is 5.44. The second-order valence-electron chi connectivity index (χ2n) is 6.33. The topological polar surface area (TPSA) is 66.8 Å². The Bertz CT molecular complexity index is 645. The molecule has 0 bridgehead atoms. The zero-order valence-electron chi connectivity index (χ0n) is 13.1. The molecule has 1 aromatic carbocycles. The predicted molar refractivity (Wildman–Crippen MR) is 90.5 cm³/mol. The molecule has 130 valence electrons. The minimum Gasteiger partial charge on any atom is -0.480 e. The van der Waals surface area contributed by atoms with Crippen molar-refractivity contribution >= 4 is 35.1 Å². The number of carboxylic acid groups (broad SMARTS) is 1. The van der Waals surface area contributed by atoms with Crippen molar-refractivity contribution in [3.63, 3.8) is 0 Å². The Morgan fingerprint density at radius 2 is 1.92 bits per heavy atom. The molecule has 1 aromatic rings. The second kappa shape index (κ2) is 7.30. The van der Waals surface area contributed by atoms with E-state index in [2.05, 4.69) is 0 Å². The smallest absolute Gasteiger partial charge is 0.323 e. The Balaban J connectivity index is 1.71. The van der Waals surface area contributed by atoms with Crippen LogP contribution in [0.3, 0.4) is 0 Å². The molecule has 1 saturated carbocycles. The largest absolute Gasteiger partial charge is 0.480 e. The highest BCUT2D eigenvalue weighted by Gasteiger charge is 2.47. The molecule has 3 rings (SSSR count). The molecule has 2 fully saturated rings. The van der Waals surface area contributed by atoms with Crippen LogP contribution >= 0.6 is 23.2 Å². The van der Waals surface area contributed by atoms with Gasteiger partial charge >= 0.3 is 5.97 Å². The maximum Gasteiger partial charge on any atom is 0.323 e. The van der Waals surface area contributed by atoms with Crippen molar-refractivity contribution in [2.24, 2.45) is 5.92 Å². The van der Waals surface area contributed by atoms with Crippen molar-refractivity contribution in [1.82, 2.24) is 4.90 Å². The molecule has 1 aliphatic heterocycles. The summed E-state index contributed by atoms with van der Waals surface area (Å²) in [5.41, 5.74) is 0.977. The summed E-state index contributed by atoms with van der Waals surface area (Å²) >= 11 is 12.0. The van der Waals surface area contributed by atoms with E-state index in [-0.39, 0.29) is 30.3 Å². The standard InChI is InChI=1S/C17H19Cl2NO4/c18-14-2-1-10(7-15(14)19)12-8-13(12)17(23)20(9-16(21)22)11-3-5-24-6-4-11/h1-2,7,11-13H,3-6,8-9H2,(H,21,22)/t12-,13-/m0/s1. The van der Waals surface area contributed by atoms with Crippen LogP contribution in [0.2, 0.25) is 10.0 Å². The predicted octanol–water partition coefficient (Wildman–Crippen LogP) is 3.19. The Hall–Kier alpha value is -1.30. The molecule has 7 heteroatoms. The van der Waals surface area contributed by atoms with Crippen LogP contribution in [0.4, 0.5) is 0 Å². The highest BCUT2D eigenvalue weighted by Crippen LogP contribution is 2.49. The number of halogens is 2. The normalized spacial score (nSPS) is 23.8. The quantitative estimate of drug-likeness (QED) is 0.862. The van der Waals surface area contributed by atoms with E-state index >= 15 is 0 Å². The lowest BCUT2D eigenvalue weighted by Crippen LogP contribution is -2.46. The van der Waals surface area contributed by atoms with Crippen LogP contribution in [0.1, 0.15) is 30.7 Å². The number of rotatable bonds is 5. The lowest BCUT2D eigenvalue weighted by Gasteiger charge is -2.33. The Kier molecular flexibility index (Phi) is 5.33. The number of nitrogens with zero attached hydrogens (tertiary/aromatic N) is 1. The van der Waals surface area contributed by atoms with Gasteiger partial charge in [0.2, 0.25) is 5.91 Å². The first kappa shape index (κ1) is 17.5. The molecule has 1 amide bonds. The third kappa shape index (κ3) is 3.85. The molecule has 1 saturated heterocycles. The molecule has 1 N–H and O–H groups in total. The lowest BCUT2D eigenvalue weighted by molar-refractivity contribution is -0.148. The fourth-order valence-electron chi connectivity index (χ4n) is 3.32. The Morgan fingerprint density at radius 1 is 1.21 bits per heavy atom. The number of carbonyl (C=O) groups is 2. The van der Waals surface area contributed by atoms with Gasteiger partial charge in [-0.15, -0.1) is 0 Å². The Morgan fingerprint density at radius 3 is 2.54 bits per heavy atom. The van der Waals surface area contributed by atoms with E-state index in [1.807, 2.05) is 6.07 Å². The Labute approximate surface area is 150 Å². The van der Waals surface area contributed by atoms with Crippen molar-refractivity contribution in [3.8, 4) is 0 Å². The molecule has 2 atom stereocenters. The molecule has 0 spiro atoms. The van der Waals surface area contributed by atoms with Crippen molar-refractivity contribution in [2.45, 2.75) is 31.2 Å². The SMILES string of the molecule is O=C(O)CN(C(=O)[C@H]1C[C@H]1c1ccc(Cl)c(Cl)c1)C1CCOCC1. The summed E-state index contributed by atoms with van der Waals surface area (Å²) in [5.74, 6) is -1.16. The summed E-state index contributed by atoms with van der Waals surface area (Å²) in [6.45, 7) is 0.873. The molecule has 0 unspecified atom stereocenters. The van der Waals surface area contributed by atoms with Gasteiger partial charge in [-0.2, -0.15) is 0 Å². The van der Waals surface area contributed by atoms with E-state index in [1.54, 1.807) is 12.1 Å². The summed E-state index contributed by atoms with van der Waals surface area (Å²) in [6.07, 6.45) is 2.09. The second-order valence-corrected chi connectivity index (χ2v) is 7.14. The zero-order valence-corrected chi connectivity index (χ0v) is 14.6. The van der Waals surface area contributed by atoms with E-state index in [0.717, 1.165) is 12.0 Å². The van der Waals surface area contributed by atoms with Crippen molar-refractivity contribution in [1.29, 1.82) is 0 Å². The van der Waals surface area contributed by atoms with Gasteiger partial charge in [-0.3, -0.25) is 9.59 Å². The van der Waals surface area contributed by atoms with Crippen LogP contribution < -0.4 is 0 Å². The molecule has 1 heterocycles. The van der Waals surface area contributed by atoms with E-state index in [4.69, 9.17) is 33.0 Å². The van der Waals surface area contributed by atoms with Gasteiger partial charge < -0.3 is 14.7 Å². The van der Waals surface area contributed by atoms with Crippen LogP contribution in [-0.2, 0) is 14.3 Å². The molecule has 2 aliphatic rings. The van der Waals surface area contributed by atoms with Gasteiger partial charge in [0.15, 0.2) is 0 Å². The first-order chi connectivity index (χ1) is 11.5. The number of ether oxygens (including phenoxy) is 1. The van der Waals surface area contributed by atoms with Crippen LogP contribution in [0.25, 0.3) is 0 Å². The van der Waals surface area contributed by atoms with Crippen LogP contribution in [0, 0.1) is 5.92 Å². The summed E-state index contributed by atoms with van der Waals surface area (Å²) in [6, 6.07) is 5.34. The summed E-state index contributed by atoms with van der Waals surface area (Å²) in [5, 5.41) is 10.1. The molecule has 1 aliphatic carbocycles. The number of benzene rings is 1.